The second-order valence-corrected chi connectivity index (χ2v) is 7.18. The molecule has 0 bridgehead atoms. The molecule has 0 fully saturated rings. The Morgan fingerprint density at radius 3 is 2.34 bits per heavy atom. The molecule has 0 saturated heterocycles. The van der Waals surface area contributed by atoms with Crippen molar-refractivity contribution in [2.45, 2.75) is 0 Å². The van der Waals surface area contributed by atoms with E-state index >= 15 is 0 Å². The monoisotopic (exact) mass is 472 g/mol. The van der Waals surface area contributed by atoms with Crippen LogP contribution in [0, 0.1) is 0 Å². The van der Waals surface area contributed by atoms with Gasteiger partial charge >= 0.3 is 5.97 Å². The zero-order valence-electron chi connectivity index (χ0n) is 14.8. The van der Waals surface area contributed by atoms with Crippen LogP contribution in [0.1, 0.15) is 26.3 Å². The molecule has 8 heteroatoms. The molecular formula is C21H14BrClN2O4. The Morgan fingerprint density at radius 2 is 1.66 bits per heavy atom. The predicted molar refractivity (Wildman–Crippen MR) is 114 cm³/mol. The van der Waals surface area contributed by atoms with Crippen molar-refractivity contribution in [1.82, 2.24) is 5.43 Å². The van der Waals surface area contributed by atoms with Crippen LogP contribution in [0.5, 0.6) is 11.5 Å². The van der Waals surface area contributed by atoms with Gasteiger partial charge in [-0.05, 0) is 66.7 Å². The molecule has 0 spiro atoms. The van der Waals surface area contributed by atoms with E-state index in [9.17, 15) is 14.7 Å². The number of esters is 1. The Hall–Kier alpha value is -3.16. The maximum absolute atomic E-state index is 12.3. The van der Waals surface area contributed by atoms with Crippen molar-refractivity contribution >= 4 is 45.6 Å². The number of hydrogen-bond donors (Lipinski definition) is 2. The lowest BCUT2D eigenvalue weighted by Gasteiger charge is -2.08. The number of amides is 1. The molecule has 0 heterocycles. The minimum atomic E-state index is -0.549. The molecule has 0 radical (unpaired) electrons. The molecular weight excluding hydrogens is 460 g/mol. The quantitative estimate of drug-likeness (QED) is 0.241. The minimum absolute atomic E-state index is 0.0614. The molecule has 0 aromatic heterocycles. The van der Waals surface area contributed by atoms with Gasteiger partial charge in [0.2, 0.25) is 0 Å². The van der Waals surface area contributed by atoms with Gasteiger partial charge in [0, 0.05) is 20.6 Å². The summed E-state index contributed by atoms with van der Waals surface area (Å²) in [5.41, 5.74) is 3.55. The van der Waals surface area contributed by atoms with E-state index in [0.29, 0.717) is 21.7 Å². The van der Waals surface area contributed by atoms with Crippen LogP contribution in [0.3, 0.4) is 0 Å². The zero-order valence-corrected chi connectivity index (χ0v) is 17.1. The summed E-state index contributed by atoms with van der Waals surface area (Å²) in [7, 11) is 0. The van der Waals surface area contributed by atoms with Gasteiger partial charge in [-0.2, -0.15) is 5.10 Å². The van der Waals surface area contributed by atoms with Gasteiger partial charge in [0.25, 0.3) is 5.91 Å². The van der Waals surface area contributed by atoms with Crippen molar-refractivity contribution in [3.05, 3.63) is 92.9 Å². The molecule has 0 aliphatic rings. The predicted octanol–water partition coefficient (Wildman–Crippen LogP) is 4.79. The summed E-state index contributed by atoms with van der Waals surface area (Å²) < 4.78 is 6.19. The van der Waals surface area contributed by atoms with Crippen molar-refractivity contribution in [1.29, 1.82) is 0 Å². The van der Waals surface area contributed by atoms with Crippen LogP contribution < -0.4 is 10.2 Å². The molecule has 0 aliphatic heterocycles. The fourth-order valence-electron chi connectivity index (χ4n) is 2.30. The van der Waals surface area contributed by atoms with E-state index < -0.39 is 11.9 Å². The summed E-state index contributed by atoms with van der Waals surface area (Å²) >= 11 is 9.18. The van der Waals surface area contributed by atoms with Crippen molar-refractivity contribution in [3.8, 4) is 11.5 Å². The van der Waals surface area contributed by atoms with E-state index in [0.717, 1.165) is 4.47 Å². The van der Waals surface area contributed by atoms with Crippen molar-refractivity contribution < 1.29 is 19.4 Å². The smallest absolute Gasteiger partial charge is 0.343 e. The number of halogens is 2. The average Bonchev–Trinajstić information content (AvgIpc) is 2.70. The van der Waals surface area contributed by atoms with E-state index in [4.69, 9.17) is 16.3 Å². The Bertz CT molecular complexity index is 1070. The van der Waals surface area contributed by atoms with Crippen LogP contribution in [0.25, 0.3) is 0 Å². The molecule has 1 amide bonds. The summed E-state index contributed by atoms with van der Waals surface area (Å²) in [5.74, 6) is -0.662. The summed E-state index contributed by atoms with van der Waals surface area (Å²) in [6.45, 7) is 0. The first-order chi connectivity index (χ1) is 13.9. The van der Waals surface area contributed by atoms with Crippen LogP contribution >= 0.6 is 27.5 Å². The van der Waals surface area contributed by atoms with E-state index in [-0.39, 0.29) is 11.5 Å². The number of phenolic OH excluding ortho intramolecular Hbond substituents is 1. The van der Waals surface area contributed by atoms with Gasteiger partial charge < -0.3 is 9.84 Å². The molecule has 0 unspecified atom stereocenters. The zero-order chi connectivity index (χ0) is 20.8. The molecule has 6 nitrogen and oxygen atoms in total. The highest BCUT2D eigenvalue weighted by atomic mass is 79.9. The third kappa shape index (κ3) is 5.66. The SMILES string of the molecule is O=C(N/N=C\c1cc(Br)ccc1OC(=O)c1ccc(Cl)cc1)c1ccc(O)cc1. The van der Waals surface area contributed by atoms with Gasteiger partial charge in [0.1, 0.15) is 11.5 Å². The fraction of sp³-hybridized carbons (Fsp3) is 0. The highest BCUT2D eigenvalue weighted by molar-refractivity contribution is 9.10. The Morgan fingerprint density at radius 1 is 1.00 bits per heavy atom. The normalized spacial score (nSPS) is 10.7. The molecule has 0 aliphatic carbocycles. The summed E-state index contributed by atoms with van der Waals surface area (Å²) in [5, 5.41) is 13.7. The Kier molecular flexibility index (Phi) is 6.64. The highest BCUT2D eigenvalue weighted by Crippen LogP contribution is 2.23. The summed E-state index contributed by atoms with van der Waals surface area (Å²) in [6, 6.07) is 17.1. The lowest BCUT2D eigenvalue weighted by Crippen LogP contribution is -2.17. The minimum Gasteiger partial charge on any atom is -0.508 e. The fourth-order valence-corrected chi connectivity index (χ4v) is 2.80. The molecule has 3 aromatic rings. The third-order valence-corrected chi connectivity index (χ3v) is 4.50. The van der Waals surface area contributed by atoms with Gasteiger partial charge in [-0.3, -0.25) is 4.79 Å². The molecule has 3 aromatic carbocycles. The molecule has 146 valence electrons. The first-order valence-corrected chi connectivity index (χ1v) is 9.49. The van der Waals surface area contributed by atoms with E-state index in [2.05, 4.69) is 26.5 Å². The molecule has 29 heavy (non-hydrogen) atoms. The van der Waals surface area contributed by atoms with Crippen LogP contribution in [0.2, 0.25) is 5.02 Å². The highest BCUT2D eigenvalue weighted by Gasteiger charge is 2.12. The number of hydrogen-bond acceptors (Lipinski definition) is 5. The van der Waals surface area contributed by atoms with E-state index in [1.54, 1.807) is 42.5 Å². The number of aromatic hydroxyl groups is 1. The lowest BCUT2D eigenvalue weighted by atomic mass is 10.2. The van der Waals surface area contributed by atoms with Crippen LogP contribution in [0.4, 0.5) is 0 Å². The standard InChI is InChI=1S/C21H14BrClN2O4/c22-16-5-10-19(29-21(28)14-1-6-17(23)7-2-14)15(11-16)12-24-25-20(27)13-3-8-18(26)9-4-13/h1-12,26H,(H,25,27)/b24-12-. The van der Waals surface area contributed by atoms with Crippen molar-refractivity contribution in [2.24, 2.45) is 5.10 Å². The second kappa shape index (κ2) is 9.36. The Balaban J connectivity index is 1.73. The number of carbonyl (C=O) groups is 2. The Labute approximate surface area is 179 Å². The number of nitrogens with one attached hydrogen (secondary N) is 1. The third-order valence-electron chi connectivity index (χ3n) is 3.75. The topological polar surface area (TPSA) is 88.0 Å². The molecule has 2 N–H and O–H groups in total. The first kappa shape index (κ1) is 20.6. The van der Waals surface area contributed by atoms with Gasteiger partial charge in [-0.25, -0.2) is 10.2 Å². The average molecular weight is 474 g/mol. The number of ether oxygens (including phenoxy) is 1. The van der Waals surface area contributed by atoms with Gasteiger partial charge in [0.05, 0.1) is 11.8 Å². The summed E-state index contributed by atoms with van der Waals surface area (Å²) in [4.78, 5) is 24.4. The lowest BCUT2D eigenvalue weighted by molar-refractivity contribution is 0.0734. The van der Waals surface area contributed by atoms with Crippen molar-refractivity contribution in [2.75, 3.05) is 0 Å². The van der Waals surface area contributed by atoms with E-state index in [1.165, 1.54) is 30.5 Å². The van der Waals surface area contributed by atoms with Gasteiger partial charge in [-0.15, -0.1) is 0 Å². The first-order valence-electron chi connectivity index (χ1n) is 8.32. The number of nitrogens with zero attached hydrogens (tertiary/aromatic N) is 1. The number of benzene rings is 3. The maximum Gasteiger partial charge on any atom is 0.343 e. The van der Waals surface area contributed by atoms with Crippen LogP contribution in [-0.2, 0) is 0 Å². The number of phenols is 1. The molecule has 0 saturated carbocycles. The number of carbonyl (C=O) groups excluding carboxylic acids is 2. The maximum atomic E-state index is 12.3. The van der Waals surface area contributed by atoms with E-state index in [1.807, 2.05) is 0 Å². The number of hydrazone groups is 1. The molecule has 3 rings (SSSR count). The van der Waals surface area contributed by atoms with Crippen LogP contribution in [-0.4, -0.2) is 23.2 Å². The number of rotatable bonds is 5. The molecule has 0 atom stereocenters. The largest absolute Gasteiger partial charge is 0.508 e. The summed E-state index contributed by atoms with van der Waals surface area (Å²) in [6.07, 6.45) is 1.37. The van der Waals surface area contributed by atoms with Crippen molar-refractivity contribution in [3.63, 3.8) is 0 Å². The van der Waals surface area contributed by atoms with Gasteiger partial charge in [-0.1, -0.05) is 27.5 Å². The van der Waals surface area contributed by atoms with Crippen LogP contribution in [0.15, 0.2) is 76.3 Å². The van der Waals surface area contributed by atoms with Gasteiger partial charge in [0.15, 0.2) is 0 Å². The second-order valence-electron chi connectivity index (χ2n) is 5.82.